The van der Waals surface area contributed by atoms with Crippen molar-refractivity contribution in [3.63, 3.8) is 0 Å². The number of hydrogen-bond donors (Lipinski definition) is 1. The summed E-state index contributed by atoms with van der Waals surface area (Å²) in [4.78, 5) is 4.26. The molecular weight excluding hydrogens is 266 g/mol. The normalized spacial score (nSPS) is 12.9. The standard InChI is InChI=1S/C16H19N3O2/c1-3-8-19-15(17-10-18-19)9-13(20)16-11(2)21-14-7-5-4-6-12(14)16/h4-7,10,13,20H,3,8-9H2,1-2H3. The topological polar surface area (TPSA) is 64.1 Å². The zero-order chi connectivity index (χ0) is 14.8. The molecule has 0 aliphatic rings. The van der Waals surface area contributed by atoms with E-state index in [2.05, 4.69) is 17.0 Å². The molecule has 0 radical (unpaired) electrons. The molecule has 0 spiro atoms. The van der Waals surface area contributed by atoms with Crippen LogP contribution in [0.5, 0.6) is 0 Å². The maximum Gasteiger partial charge on any atom is 0.138 e. The second-order valence-corrected chi connectivity index (χ2v) is 5.19. The van der Waals surface area contributed by atoms with E-state index in [-0.39, 0.29) is 0 Å². The lowest BCUT2D eigenvalue weighted by atomic mass is 10.0. The predicted molar refractivity (Wildman–Crippen MR) is 79.9 cm³/mol. The molecule has 1 atom stereocenters. The van der Waals surface area contributed by atoms with Crippen molar-refractivity contribution in [1.29, 1.82) is 0 Å². The van der Waals surface area contributed by atoms with E-state index in [1.54, 1.807) is 0 Å². The number of aliphatic hydroxyl groups excluding tert-OH is 1. The Bertz CT molecular complexity index is 745. The first kappa shape index (κ1) is 13.8. The first-order valence-electron chi connectivity index (χ1n) is 7.23. The fourth-order valence-electron chi connectivity index (χ4n) is 2.72. The molecule has 0 fully saturated rings. The maximum absolute atomic E-state index is 10.6. The summed E-state index contributed by atoms with van der Waals surface area (Å²) in [6, 6.07) is 7.77. The maximum atomic E-state index is 10.6. The molecule has 0 aliphatic carbocycles. The van der Waals surface area contributed by atoms with Gasteiger partial charge in [-0.15, -0.1) is 0 Å². The van der Waals surface area contributed by atoms with Crippen LogP contribution in [0, 0.1) is 6.92 Å². The van der Waals surface area contributed by atoms with Crippen molar-refractivity contribution in [3.8, 4) is 0 Å². The minimum Gasteiger partial charge on any atom is -0.461 e. The van der Waals surface area contributed by atoms with Gasteiger partial charge in [0.1, 0.15) is 23.5 Å². The number of aliphatic hydroxyl groups is 1. The van der Waals surface area contributed by atoms with E-state index in [1.807, 2.05) is 35.9 Å². The Labute approximate surface area is 123 Å². The monoisotopic (exact) mass is 285 g/mol. The molecule has 110 valence electrons. The van der Waals surface area contributed by atoms with Crippen molar-refractivity contribution in [1.82, 2.24) is 14.8 Å². The minimum atomic E-state index is -0.645. The molecule has 0 amide bonds. The Morgan fingerprint density at radius 3 is 2.95 bits per heavy atom. The van der Waals surface area contributed by atoms with Crippen LogP contribution in [0.2, 0.25) is 0 Å². The van der Waals surface area contributed by atoms with E-state index in [9.17, 15) is 5.11 Å². The van der Waals surface area contributed by atoms with E-state index in [1.165, 1.54) is 6.33 Å². The Balaban J connectivity index is 1.92. The Morgan fingerprint density at radius 2 is 2.14 bits per heavy atom. The number of aromatic nitrogens is 3. The highest BCUT2D eigenvalue weighted by Gasteiger charge is 2.20. The van der Waals surface area contributed by atoms with Gasteiger partial charge < -0.3 is 9.52 Å². The van der Waals surface area contributed by atoms with Gasteiger partial charge in [-0.05, 0) is 19.4 Å². The van der Waals surface area contributed by atoms with Gasteiger partial charge in [-0.1, -0.05) is 25.1 Å². The van der Waals surface area contributed by atoms with Gasteiger partial charge >= 0.3 is 0 Å². The molecule has 0 aliphatic heterocycles. The summed E-state index contributed by atoms with van der Waals surface area (Å²) >= 11 is 0. The zero-order valence-corrected chi connectivity index (χ0v) is 12.3. The number of rotatable bonds is 5. The molecule has 0 saturated heterocycles. The number of furan rings is 1. The molecule has 21 heavy (non-hydrogen) atoms. The van der Waals surface area contributed by atoms with Crippen molar-refractivity contribution in [3.05, 3.63) is 47.7 Å². The highest BCUT2D eigenvalue weighted by molar-refractivity contribution is 5.82. The van der Waals surface area contributed by atoms with Gasteiger partial charge in [0.25, 0.3) is 0 Å². The highest BCUT2D eigenvalue weighted by atomic mass is 16.3. The third-order valence-electron chi connectivity index (χ3n) is 3.66. The molecule has 1 aromatic carbocycles. The van der Waals surface area contributed by atoms with E-state index >= 15 is 0 Å². The first-order chi connectivity index (χ1) is 10.2. The van der Waals surface area contributed by atoms with Crippen molar-refractivity contribution < 1.29 is 9.52 Å². The van der Waals surface area contributed by atoms with Gasteiger partial charge in [0, 0.05) is 23.9 Å². The van der Waals surface area contributed by atoms with Crippen LogP contribution in [0.3, 0.4) is 0 Å². The summed E-state index contributed by atoms with van der Waals surface area (Å²) in [6.07, 6.45) is 2.32. The second-order valence-electron chi connectivity index (χ2n) is 5.19. The van der Waals surface area contributed by atoms with Crippen LogP contribution < -0.4 is 0 Å². The summed E-state index contributed by atoms with van der Waals surface area (Å²) in [6.45, 7) is 4.79. The quantitative estimate of drug-likeness (QED) is 0.782. The van der Waals surface area contributed by atoms with Crippen LogP contribution in [0.25, 0.3) is 11.0 Å². The molecule has 2 aromatic heterocycles. The van der Waals surface area contributed by atoms with E-state index in [0.717, 1.165) is 41.1 Å². The Morgan fingerprint density at radius 1 is 1.33 bits per heavy atom. The van der Waals surface area contributed by atoms with Gasteiger partial charge in [-0.3, -0.25) is 4.68 Å². The van der Waals surface area contributed by atoms with Gasteiger partial charge in [0.05, 0.1) is 6.10 Å². The molecule has 3 aromatic rings. The van der Waals surface area contributed by atoms with Crippen molar-refractivity contribution >= 4 is 11.0 Å². The van der Waals surface area contributed by atoms with Crippen LogP contribution in [0.4, 0.5) is 0 Å². The fraction of sp³-hybridized carbons (Fsp3) is 0.375. The Kier molecular flexibility index (Phi) is 3.75. The smallest absolute Gasteiger partial charge is 0.138 e. The number of hydrogen-bond acceptors (Lipinski definition) is 4. The lowest BCUT2D eigenvalue weighted by Crippen LogP contribution is -2.10. The third kappa shape index (κ3) is 2.56. The fourth-order valence-corrected chi connectivity index (χ4v) is 2.72. The molecule has 3 rings (SSSR count). The SMILES string of the molecule is CCCn1ncnc1CC(O)c1c(C)oc2ccccc12. The van der Waals surface area contributed by atoms with E-state index in [4.69, 9.17) is 4.42 Å². The average Bonchev–Trinajstić information content (AvgIpc) is 3.02. The minimum absolute atomic E-state index is 0.435. The van der Waals surface area contributed by atoms with Gasteiger partial charge in [0.15, 0.2) is 0 Å². The van der Waals surface area contributed by atoms with Crippen LogP contribution >= 0.6 is 0 Å². The van der Waals surface area contributed by atoms with Crippen molar-refractivity contribution in [2.75, 3.05) is 0 Å². The number of benzene rings is 1. The summed E-state index contributed by atoms with van der Waals surface area (Å²) < 4.78 is 7.56. The van der Waals surface area contributed by atoms with Gasteiger partial charge in [-0.25, -0.2) is 4.98 Å². The lowest BCUT2D eigenvalue weighted by Gasteiger charge is -2.11. The first-order valence-corrected chi connectivity index (χ1v) is 7.23. The van der Waals surface area contributed by atoms with Crippen molar-refractivity contribution in [2.24, 2.45) is 0 Å². The average molecular weight is 285 g/mol. The van der Waals surface area contributed by atoms with Crippen LogP contribution in [-0.4, -0.2) is 19.9 Å². The lowest BCUT2D eigenvalue weighted by molar-refractivity contribution is 0.173. The van der Waals surface area contributed by atoms with Crippen LogP contribution in [0.15, 0.2) is 35.0 Å². The second kappa shape index (κ2) is 5.69. The molecule has 5 heteroatoms. The van der Waals surface area contributed by atoms with Crippen LogP contribution in [0.1, 0.15) is 36.6 Å². The highest BCUT2D eigenvalue weighted by Crippen LogP contribution is 2.31. The van der Waals surface area contributed by atoms with Crippen LogP contribution in [-0.2, 0) is 13.0 Å². The number of aryl methyl sites for hydroxylation is 2. The van der Waals surface area contributed by atoms with E-state index < -0.39 is 6.10 Å². The number of fused-ring (bicyclic) bond motifs is 1. The van der Waals surface area contributed by atoms with Crippen molar-refractivity contribution in [2.45, 2.75) is 39.3 Å². The van der Waals surface area contributed by atoms with Gasteiger partial charge in [-0.2, -0.15) is 5.10 Å². The summed E-state index contributed by atoms with van der Waals surface area (Å²) in [7, 11) is 0. The summed E-state index contributed by atoms with van der Waals surface area (Å²) in [5, 5.41) is 15.8. The third-order valence-corrected chi connectivity index (χ3v) is 3.66. The predicted octanol–water partition coefficient (Wildman–Crippen LogP) is 3.02. The molecule has 2 heterocycles. The number of nitrogens with zero attached hydrogens (tertiary/aromatic N) is 3. The molecule has 0 saturated carbocycles. The van der Waals surface area contributed by atoms with Gasteiger partial charge in [0.2, 0.25) is 0 Å². The Hall–Kier alpha value is -2.14. The molecule has 1 N–H and O–H groups in total. The molecule has 1 unspecified atom stereocenters. The number of para-hydroxylation sites is 1. The molecular formula is C16H19N3O2. The summed E-state index contributed by atoms with van der Waals surface area (Å²) in [5.74, 6) is 1.55. The zero-order valence-electron chi connectivity index (χ0n) is 12.3. The van der Waals surface area contributed by atoms with E-state index in [0.29, 0.717) is 6.42 Å². The summed E-state index contributed by atoms with van der Waals surface area (Å²) in [5.41, 5.74) is 1.65. The molecule has 5 nitrogen and oxygen atoms in total. The largest absolute Gasteiger partial charge is 0.461 e. The molecule has 0 bridgehead atoms.